The summed E-state index contributed by atoms with van der Waals surface area (Å²) in [5.41, 5.74) is 3.86. The van der Waals surface area contributed by atoms with Gasteiger partial charge in [0, 0.05) is 18.3 Å². The molecule has 0 amide bonds. The van der Waals surface area contributed by atoms with Crippen LogP contribution in [0.1, 0.15) is 17.7 Å². The van der Waals surface area contributed by atoms with Gasteiger partial charge in [0.15, 0.2) is 5.58 Å². The van der Waals surface area contributed by atoms with Crippen LogP contribution in [0.25, 0.3) is 16.7 Å². The van der Waals surface area contributed by atoms with Crippen LogP contribution in [-0.2, 0) is 0 Å². The molecule has 5 heteroatoms. The van der Waals surface area contributed by atoms with E-state index in [0.717, 1.165) is 25.1 Å². The highest BCUT2D eigenvalue weighted by molar-refractivity contribution is 5.91. The summed E-state index contributed by atoms with van der Waals surface area (Å²) < 4.78 is 5.19. The zero-order chi connectivity index (χ0) is 11.0. The molecule has 0 radical (unpaired) electrons. The largest absolute Gasteiger partial charge is 0.355 e. The van der Waals surface area contributed by atoms with Crippen molar-refractivity contribution in [2.24, 2.45) is 0 Å². The summed E-state index contributed by atoms with van der Waals surface area (Å²) >= 11 is 0. The smallest absolute Gasteiger partial charge is 0.207 e. The SMILES string of the molecule is N#Cc1noc2c(C3=CCCNC3)c[nH]c12. The van der Waals surface area contributed by atoms with Crippen molar-refractivity contribution in [3.05, 3.63) is 23.5 Å². The van der Waals surface area contributed by atoms with E-state index >= 15 is 0 Å². The quantitative estimate of drug-likeness (QED) is 0.752. The van der Waals surface area contributed by atoms with E-state index in [1.165, 1.54) is 5.57 Å². The molecule has 16 heavy (non-hydrogen) atoms. The maximum atomic E-state index is 8.82. The first-order valence-corrected chi connectivity index (χ1v) is 5.17. The molecule has 5 nitrogen and oxygen atoms in total. The lowest BCUT2D eigenvalue weighted by atomic mass is 10.0. The first-order chi connectivity index (χ1) is 7.90. The predicted molar refractivity (Wildman–Crippen MR) is 58.5 cm³/mol. The lowest BCUT2D eigenvalue weighted by molar-refractivity contribution is 0.453. The normalized spacial score (nSPS) is 16.1. The minimum Gasteiger partial charge on any atom is -0.355 e. The highest BCUT2D eigenvalue weighted by Crippen LogP contribution is 2.27. The van der Waals surface area contributed by atoms with Crippen molar-refractivity contribution in [1.82, 2.24) is 15.5 Å². The molecule has 3 rings (SSSR count). The fraction of sp³-hybridized carbons (Fsp3) is 0.273. The van der Waals surface area contributed by atoms with Crippen molar-refractivity contribution in [2.45, 2.75) is 6.42 Å². The Bertz CT molecular complexity index is 599. The zero-order valence-corrected chi connectivity index (χ0v) is 8.58. The Morgan fingerprint density at radius 2 is 2.44 bits per heavy atom. The van der Waals surface area contributed by atoms with Gasteiger partial charge in [-0.15, -0.1) is 0 Å². The Kier molecular flexibility index (Phi) is 2.01. The summed E-state index contributed by atoms with van der Waals surface area (Å²) in [6.07, 6.45) is 5.07. The molecule has 0 aromatic carbocycles. The summed E-state index contributed by atoms with van der Waals surface area (Å²) in [5.74, 6) is 0. The fourth-order valence-electron chi connectivity index (χ4n) is 1.98. The van der Waals surface area contributed by atoms with Gasteiger partial charge in [0.1, 0.15) is 11.6 Å². The lowest BCUT2D eigenvalue weighted by Crippen LogP contribution is -2.21. The maximum absolute atomic E-state index is 8.82. The van der Waals surface area contributed by atoms with E-state index in [1.807, 2.05) is 12.3 Å². The third-order valence-electron chi connectivity index (χ3n) is 2.78. The molecule has 1 aliphatic heterocycles. The molecule has 80 valence electrons. The van der Waals surface area contributed by atoms with Gasteiger partial charge in [0.05, 0.1) is 0 Å². The van der Waals surface area contributed by atoms with Gasteiger partial charge in [0.2, 0.25) is 5.69 Å². The molecule has 2 aromatic heterocycles. The van der Waals surface area contributed by atoms with Gasteiger partial charge >= 0.3 is 0 Å². The number of hydrogen-bond acceptors (Lipinski definition) is 4. The van der Waals surface area contributed by atoms with Gasteiger partial charge in [-0.25, -0.2) is 0 Å². The van der Waals surface area contributed by atoms with Crippen LogP contribution in [0.4, 0.5) is 0 Å². The predicted octanol–water partition coefficient (Wildman–Crippen LogP) is 1.40. The third kappa shape index (κ3) is 1.24. The number of fused-ring (bicyclic) bond motifs is 1. The second kappa shape index (κ2) is 3.51. The minimum atomic E-state index is 0.311. The standard InChI is InChI=1S/C11H10N4O/c12-4-9-10-11(16-15-9)8(6-14-10)7-2-1-3-13-5-7/h2,6,13-14H,1,3,5H2. The van der Waals surface area contributed by atoms with Crippen LogP contribution in [0, 0.1) is 11.3 Å². The highest BCUT2D eigenvalue weighted by atomic mass is 16.5. The summed E-state index contributed by atoms with van der Waals surface area (Å²) in [7, 11) is 0. The molecule has 3 heterocycles. The second-order valence-electron chi connectivity index (χ2n) is 3.74. The molecule has 0 spiro atoms. The van der Waals surface area contributed by atoms with Crippen molar-refractivity contribution < 1.29 is 4.52 Å². The van der Waals surface area contributed by atoms with Gasteiger partial charge in [-0.1, -0.05) is 11.2 Å². The molecule has 0 bridgehead atoms. The van der Waals surface area contributed by atoms with Crippen molar-refractivity contribution in [1.29, 1.82) is 5.26 Å². The van der Waals surface area contributed by atoms with Gasteiger partial charge in [0.25, 0.3) is 0 Å². The molecule has 2 aromatic rings. The van der Waals surface area contributed by atoms with Gasteiger partial charge in [-0.3, -0.25) is 0 Å². The molecule has 0 fully saturated rings. The highest BCUT2D eigenvalue weighted by Gasteiger charge is 2.17. The maximum Gasteiger partial charge on any atom is 0.207 e. The number of nitrogens with zero attached hydrogens (tertiary/aromatic N) is 2. The molecule has 0 unspecified atom stereocenters. The average molecular weight is 214 g/mol. The van der Waals surface area contributed by atoms with E-state index in [4.69, 9.17) is 9.78 Å². The van der Waals surface area contributed by atoms with Crippen LogP contribution in [0.2, 0.25) is 0 Å². The lowest BCUT2D eigenvalue weighted by Gasteiger charge is -2.12. The fourth-order valence-corrected chi connectivity index (χ4v) is 1.98. The Morgan fingerprint density at radius 1 is 1.50 bits per heavy atom. The number of H-pyrrole nitrogens is 1. The van der Waals surface area contributed by atoms with Crippen LogP contribution in [0.5, 0.6) is 0 Å². The van der Waals surface area contributed by atoms with E-state index in [-0.39, 0.29) is 0 Å². The first-order valence-electron chi connectivity index (χ1n) is 5.17. The Hall–Kier alpha value is -2.06. The molecule has 2 N–H and O–H groups in total. The van der Waals surface area contributed by atoms with Gasteiger partial charge < -0.3 is 14.8 Å². The summed E-state index contributed by atoms with van der Waals surface area (Å²) in [6, 6.07) is 2.00. The zero-order valence-electron chi connectivity index (χ0n) is 8.58. The topological polar surface area (TPSA) is 77.6 Å². The number of aromatic nitrogens is 2. The molecular formula is C11H10N4O. The van der Waals surface area contributed by atoms with E-state index in [2.05, 4.69) is 21.5 Å². The Labute approximate surface area is 91.7 Å². The van der Waals surface area contributed by atoms with Gasteiger partial charge in [-0.2, -0.15) is 5.26 Å². The molecule has 1 aliphatic rings. The Morgan fingerprint density at radius 3 is 3.19 bits per heavy atom. The summed E-state index contributed by atoms with van der Waals surface area (Å²) in [6.45, 7) is 1.84. The average Bonchev–Trinajstić information content (AvgIpc) is 2.90. The van der Waals surface area contributed by atoms with Crippen LogP contribution >= 0.6 is 0 Å². The molecule has 0 saturated heterocycles. The van der Waals surface area contributed by atoms with E-state index in [1.54, 1.807) is 0 Å². The summed E-state index contributed by atoms with van der Waals surface area (Å²) in [5, 5.41) is 15.8. The van der Waals surface area contributed by atoms with E-state index < -0.39 is 0 Å². The van der Waals surface area contributed by atoms with E-state index in [9.17, 15) is 0 Å². The minimum absolute atomic E-state index is 0.311. The molecular weight excluding hydrogens is 204 g/mol. The van der Waals surface area contributed by atoms with Crippen LogP contribution in [0.15, 0.2) is 16.8 Å². The number of nitrogens with one attached hydrogen (secondary N) is 2. The number of rotatable bonds is 1. The van der Waals surface area contributed by atoms with E-state index in [0.29, 0.717) is 16.8 Å². The molecule has 0 saturated carbocycles. The number of nitriles is 1. The number of aromatic amines is 1. The second-order valence-corrected chi connectivity index (χ2v) is 3.74. The molecule has 0 atom stereocenters. The Balaban J connectivity index is 2.14. The van der Waals surface area contributed by atoms with Crippen LogP contribution in [-0.4, -0.2) is 23.2 Å². The number of hydrogen-bond donors (Lipinski definition) is 2. The van der Waals surface area contributed by atoms with Crippen LogP contribution < -0.4 is 5.32 Å². The van der Waals surface area contributed by atoms with Crippen molar-refractivity contribution in [3.8, 4) is 6.07 Å². The van der Waals surface area contributed by atoms with Crippen molar-refractivity contribution >= 4 is 16.7 Å². The van der Waals surface area contributed by atoms with Crippen LogP contribution in [0.3, 0.4) is 0 Å². The third-order valence-corrected chi connectivity index (χ3v) is 2.78. The van der Waals surface area contributed by atoms with Crippen molar-refractivity contribution in [3.63, 3.8) is 0 Å². The molecule has 0 aliphatic carbocycles. The van der Waals surface area contributed by atoms with Gasteiger partial charge in [-0.05, 0) is 18.5 Å². The van der Waals surface area contributed by atoms with Crippen molar-refractivity contribution in [2.75, 3.05) is 13.1 Å². The first kappa shape index (κ1) is 9.19. The monoisotopic (exact) mass is 214 g/mol. The summed E-state index contributed by atoms with van der Waals surface area (Å²) in [4.78, 5) is 3.04.